The minimum absolute atomic E-state index is 0.450. The molecule has 18 heavy (non-hydrogen) atoms. The maximum Gasteiger partial charge on any atom is 0.0634 e. The summed E-state index contributed by atoms with van der Waals surface area (Å²) in [6.45, 7) is 2.01. The lowest BCUT2D eigenvalue weighted by molar-refractivity contribution is 1.40. The predicted molar refractivity (Wildman–Crippen MR) is 83.0 cm³/mol. The molecule has 0 bridgehead atoms. The summed E-state index contributed by atoms with van der Waals surface area (Å²) >= 11 is 15.4. The molecule has 0 aliphatic rings. The number of rotatable bonds is 2. The third-order valence-electron chi connectivity index (χ3n) is 2.63. The van der Waals surface area contributed by atoms with Gasteiger partial charge in [0.25, 0.3) is 0 Å². The van der Waals surface area contributed by atoms with Gasteiger partial charge in [0.2, 0.25) is 0 Å². The largest absolute Gasteiger partial charge is 0.397 e. The molecule has 3 N–H and O–H groups in total. The van der Waals surface area contributed by atoms with Crippen LogP contribution in [0.5, 0.6) is 0 Å². The average molecular weight is 346 g/mol. The zero-order valence-electron chi connectivity index (χ0n) is 9.60. The van der Waals surface area contributed by atoms with Crippen LogP contribution in [0.4, 0.5) is 17.1 Å². The standard InChI is InChI=1S/C13H11BrCl2N2/c1-7-8(14)3-2-4-12(7)18-13-6-10(16)9(15)5-11(13)17/h2-6,18H,17H2,1H3. The van der Waals surface area contributed by atoms with Crippen LogP contribution in [-0.4, -0.2) is 0 Å². The quantitative estimate of drug-likeness (QED) is 0.716. The summed E-state index contributed by atoms with van der Waals surface area (Å²) in [7, 11) is 0. The number of nitrogen functional groups attached to an aromatic ring is 1. The summed E-state index contributed by atoms with van der Waals surface area (Å²) in [5.74, 6) is 0. The Morgan fingerprint density at radius 2 is 1.78 bits per heavy atom. The molecule has 0 atom stereocenters. The molecule has 0 aliphatic carbocycles. The molecule has 0 aliphatic heterocycles. The van der Waals surface area contributed by atoms with E-state index in [0.717, 1.165) is 21.4 Å². The van der Waals surface area contributed by atoms with Crippen LogP contribution >= 0.6 is 39.1 Å². The highest BCUT2D eigenvalue weighted by Gasteiger charge is 2.07. The van der Waals surface area contributed by atoms with Crippen molar-refractivity contribution < 1.29 is 0 Å². The Kier molecular flexibility index (Phi) is 4.05. The third kappa shape index (κ3) is 2.74. The second-order valence-electron chi connectivity index (χ2n) is 3.89. The van der Waals surface area contributed by atoms with Gasteiger partial charge >= 0.3 is 0 Å². The maximum absolute atomic E-state index is 5.99. The van der Waals surface area contributed by atoms with Crippen LogP contribution in [-0.2, 0) is 0 Å². The van der Waals surface area contributed by atoms with Gasteiger partial charge in [-0.25, -0.2) is 0 Å². The van der Waals surface area contributed by atoms with Gasteiger partial charge in [0.05, 0.1) is 21.4 Å². The molecule has 5 heteroatoms. The fourth-order valence-electron chi connectivity index (χ4n) is 1.56. The highest BCUT2D eigenvalue weighted by atomic mass is 79.9. The molecule has 0 spiro atoms. The molecule has 0 unspecified atom stereocenters. The van der Waals surface area contributed by atoms with Gasteiger partial charge in [0.1, 0.15) is 0 Å². The molecular weight excluding hydrogens is 335 g/mol. The molecule has 2 aromatic rings. The molecule has 94 valence electrons. The number of nitrogens with two attached hydrogens (primary N) is 1. The number of halogens is 3. The zero-order valence-corrected chi connectivity index (χ0v) is 12.7. The second-order valence-corrected chi connectivity index (χ2v) is 5.56. The van der Waals surface area contributed by atoms with E-state index in [2.05, 4.69) is 21.2 Å². The van der Waals surface area contributed by atoms with E-state index in [1.165, 1.54) is 0 Å². The lowest BCUT2D eigenvalue weighted by Crippen LogP contribution is -1.98. The highest BCUT2D eigenvalue weighted by molar-refractivity contribution is 9.10. The maximum atomic E-state index is 5.99. The molecular formula is C13H11BrCl2N2. The lowest BCUT2D eigenvalue weighted by Gasteiger charge is -2.13. The van der Waals surface area contributed by atoms with E-state index in [4.69, 9.17) is 28.9 Å². The van der Waals surface area contributed by atoms with Gasteiger partial charge in [-0.05, 0) is 36.8 Å². The van der Waals surface area contributed by atoms with Crippen LogP contribution in [0.1, 0.15) is 5.56 Å². The average Bonchev–Trinajstić information content (AvgIpc) is 2.32. The Balaban J connectivity index is 2.40. The monoisotopic (exact) mass is 344 g/mol. The van der Waals surface area contributed by atoms with Crippen LogP contribution in [0.2, 0.25) is 10.0 Å². The minimum Gasteiger partial charge on any atom is -0.397 e. The van der Waals surface area contributed by atoms with Crippen molar-refractivity contribution in [1.29, 1.82) is 0 Å². The lowest BCUT2D eigenvalue weighted by atomic mass is 10.2. The molecule has 2 aromatic carbocycles. The molecule has 0 amide bonds. The summed E-state index contributed by atoms with van der Waals surface area (Å²) in [6, 6.07) is 9.27. The van der Waals surface area contributed by atoms with Crippen molar-refractivity contribution in [3.8, 4) is 0 Å². The number of hydrogen-bond donors (Lipinski definition) is 2. The van der Waals surface area contributed by atoms with Crippen molar-refractivity contribution in [2.45, 2.75) is 6.92 Å². The van der Waals surface area contributed by atoms with Crippen molar-refractivity contribution in [2.24, 2.45) is 0 Å². The summed E-state index contributed by atoms with van der Waals surface area (Å²) in [4.78, 5) is 0. The fraction of sp³-hybridized carbons (Fsp3) is 0.0769. The van der Waals surface area contributed by atoms with Crippen molar-refractivity contribution in [2.75, 3.05) is 11.1 Å². The molecule has 2 nitrogen and oxygen atoms in total. The normalized spacial score (nSPS) is 10.4. The molecule has 0 saturated carbocycles. The highest BCUT2D eigenvalue weighted by Crippen LogP contribution is 2.34. The number of benzene rings is 2. The van der Waals surface area contributed by atoms with Gasteiger partial charge in [0.15, 0.2) is 0 Å². The van der Waals surface area contributed by atoms with Crippen LogP contribution in [0.25, 0.3) is 0 Å². The number of hydrogen-bond acceptors (Lipinski definition) is 2. The molecule has 0 heterocycles. The Morgan fingerprint density at radius 3 is 2.50 bits per heavy atom. The first-order chi connectivity index (χ1) is 8.49. The van der Waals surface area contributed by atoms with E-state index in [1.54, 1.807) is 12.1 Å². The van der Waals surface area contributed by atoms with Crippen LogP contribution in [0.3, 0.4) is 0 Å². The zero-order chi connectivity index (χ0) is 13.3. The Bertz CT molecular complexity index is 600. The first-order valence-electron chi connectivity index (χ1n) is 5.25. The second kappa shape index (κ2) is 5.39. The van der Waals surface area contributed by atoms with E-state index in [1.807, 2.05) is 25.1 Å². The Hall–Kier alpha value is -0.900. The van der Waals surface area contributed by atoms with Crippen molar-refractivity contribution in [3.63, 3.8) is 0 Å². The molecule has 0 fully saturated rings. The van der Waals surface area contributed by atoms with Gasteiger partial charge in [-0.3, -0.25) is 0 Å². The van der Waals surface area contributed by atoms with E-state index in [-0.39, 0.29) is 0 Å². The van der Waals surface area contributed by atoms with Gasteiger partial charge < -0.3 is 11.1 Å². The summed E-state index contributed by atoms with van der Waals surface area (Å²) in [5, 5.41) is 4.17. The van der Waals surface area contributed by atoms with Crippen molar-refractivity contribution >= 4 is 56.2 Å². The minimum atomic E-state index is 0.450. The van der Waals surface area contributed by atoms with Gasteiger partial charge in [-0.1, -0.05) is 45.2 Å². The number of anilines is 3. The Morgan fingerprint density at radius 1 is 1.11 bits per heavy atom. The van der Waals surface area contributed by atoms with Crippen molar-refractivity contribution in [1.82, 2.24) is 0 Å². The first kappa shape index (κ1) is 13.5. The smallest absolute Gasteiger partial charge is 0.0634 e. The molecule has 0 aromatic heterocycles. The van der Waals surface area contributed by atoms with E-state index < -0.39 is 0 Å². The van der Waals surface area contributed by atoms with Crippen molar-refractivity contribution in [3.05, 3.63) is 50.4 Å². The topological polar surface area (TPSA) is 38.0 Å². The van der Waals surface area contributed by atoms with Gasteiger partial charge in [-0.2, -0.15) is 0 Å². The van der Waals surface area contributed by atoms with Crippen LogP contribution in [0, 0.1) is 6.92 Å². The van der Waals surface area contributed by atoms with E-state index in [9.17, 15) is 0 Å². The summed E-state index contributed by atoms with van der Waals surface area (Å²) in [5.41, 5.74) is 9.28. The van der Waals surface area contributed by atoms with Gasteiger partial charge in [-0.15, -0.1) is 0 Å². The van der Waals surface area contributed by atoms with Gasteiger partial charge in [0, 0.05) is 10.2 Å². The Labute approximate surface area is 124 Å². The van der Waals surface area contributed by atoms with Crippen LogP contribution < -0.4 is 11.1 Å². The SMILES string of the molecule is Cc1c(Br)cccc1Nc1cc(Cl)c(Cl)cc1N. The molecule has 0 saturated heterocycles. The van der Waals surface area contributed by atoms with E-state index in [0.29, 0.717) is 15.7 Å². The van der Waals surface area contributed by atoms with E-state index >= 15 is 0 Å². The van der Waals surface area contributed by atoms with Crippen LogP contribution in [0.15, 0.2) is 34.8 Å². The number of nitrogens with one attached hydrogen (secondary N) is 1. The third-order valence-corrected chi connectivity index (χ3v) is 4.21. The predicted octanol–water partition coefficient (Wildman–Crippen LogP) is 5.39. The summed E-state index contributed by atoms with van der Waals surface area (Å²) < 4.78 is 1.03. The fourth-order valence-corrected chi connectivity index (χ4v) is 2.26. The summed E-state index contributed by atoms with van der Waals surface area (Å²) in [6.07, 6.45) is 0. The molecule has 2 rings (SSSR count). The molecule has 0 radical (unpaired) electrons. The first-order valence-corrected chi connectivity index (χ1v) is 6.80.